The molecule has 1 N–H and O–H groups in total. The predicted molar refractivity (Wildman–Crippen MR) is 113 cm³/mol. The average Bonchev–Trinajstić information content (AvgIpc) is 3.25. The summed E-state index contributed by atoms with van der Waals surface area (Å²) < 4.78 is 1.87. The van der Waals surface area contributed by atoms with E-state index in [1.807, 2.05) is 53.8 Å². The van der Waals surface area contributed by atoms with Crippen molar-refractivity contribution in [3.63, 3.8) is 0 Å². The number of carbonyl (C=O) groups excluding carboxylic acids is 1. The normalized spacial score (nSPS) is 14.2. The number of imidazole rings is 1. The zero-order chi connectivity index (χ0) is 20.4. The lowest BCUT2D eigenvalue weighted by molar-refractivity contribution is 0.208. The van der Waals surface area contributed by atoms with Crippen molar-refractivity contribution in [2.24, 2.45) is 0 Å². The number of carbonyl (C=O) groups is 1. The fourth-order valence-corrected chi connectivity index (χ4v) is 3.39. The Hall–Kier alpha value is -3.42. The van der Waals surface area contributed by atoms with E-state index >= 15 is 0 Å². The van der Waals surface area contributed by atoms with Crippen LogP contribution in [0.1, 0.15) is 17.0 Å². The molecule has 1 aliphatic heterocycles. The lowest BCUT2D eigenvalue weighted by atomic mass is 10.1. The maximum absolute atomic E-state index is 12.6. The summed E-state index contributed by atoms with van der Waals surface area (Å²) in [6.45, 7) is 8.72. The smallest absolute Gasteiger partial charge is 0.321 e. The zero-order valence-electron chi connectivity index (χ0n) is 17.0. The molecule has 150 valence electrons. The molecule has 8 nitrogen and oxygen atoms in total. The lowest BCUT2D eigenvalue weighted by Gasteiger charge is -2.35. The fraction of sp³-hybridized carbons (Fsp3) is 0.333. The van der Waals surface area contributed by atoms with Gasteiger partial charge in [-0.15, -0.1) is 0 Å². The number of benzene rings is 1. The maximum Gasteiger partial charge on any atom is 0.321 e. The van der Waals surface area contributed by atoms with Gasteiger partial charge in [0.2, 0.25) is 0 Å². The molecule has 0 saturated carbocycles. The minimum Gasteiger partial charge on any atom is -0.353 e. The summed E-state index contributed by atoms with van der Waals surface area (Å²) in [6, 6.07) is 7.87. The largest absolute Gasteiger partial charge is 0.353 e. The number of hydrogen-bond acceptors (Lipinski definition) is 5. The van der Waals surface area contributed by atoms with E-state index in [2.05, 4.69) is 32.1 Å². The molecule has 2 aromatic heterocycles. The van der Waals surface area contributed by atoms with Crippen LogP contribution >= 0.6 is 0 Å². The molecule has 3 aromatic rings. The van der Waals surface area contributed by atoms with Gasteiger partial charge in [-0.05, 0) is 44.0 Å². The number of amides is 2. The Bertz CT molecular complexity index is 1010. The molecule has 1 aromatic carbocycles. The molecule has 8 heteroatoms. The minimum atomic E-state index is -0.0640. The summed E-state index contributed by atoms with van der Waals surface area (Å²) in [5.41, 5.74) is 3.21. The topological polar surface area (TPSA) is 79.2 Å². The van der Waals surface area contributed by atoms with Gasteiger partial charge in [0.1, 0.15) is 23.8 Å². The molecular weight excluding hydrogens is 366 g/mol. The van der Waals surface area contributed by atoms with Crippen molar-refractivity contribution < 1.29 is 4.79 Å². The summed E-state index contributed by atoms with van der Waals surface area (Å²) in [4.78, 5) is 29.8. The maximum atomic E-state index is 12.6. The van der Waals surface area contributed by atoms with E-state index < -0.39 is 0 Å². The molecule has 0 unspecified atom stereocenters. The highest BCUT2D eigenvalue weighted by Crippen LogP contribution is 2.19. The third kappa shape index (κ3) is 4.21. The van der Waals surface area contributed by atoms with Gasteiger partial charge >= 0.3 is 6.03 Å². The summed E-state index contributed by atoms with van der Waals surface area (Å²) in [7, 11) is 0. The molecule has 4 rings (SSSR count). The average molecular weight is 391 g/mol. The molecule has 0 aliphatic carbocycles. The van der Waals surface area contributed by atoms with Gasteiger partial charge in [0.15, 0.2) is 0 Å². The van der Waals surface area contributed by atoms with Crippen molar-refractivity contribution >= 4 is 17.5 Å². The Kier molecular flexibility index (Phi) is 5.16. The van der Waals surface area contributed by atoms with E-state index in [1.165, 1.54) is 11.1 Å². The molecule has 1 saturated heterocycles. The Morgan fingerprint density at radius 1 is 0.966 bits per heavy atom. The van der Waals surface area contributed by atoms with Gasteiger partial charge < -0.3 is 15.1 Å². The Morgan fingerprint density at radius 3 is 2.41 bits per heavy atom. The molecule has 3 heterocycles. The fourth-order valence-electron chi connectivity index (χ4n) is 3.39. The van der Waals surface area contributed by atoms with Gasteiger partial charge in [-0.2, -0.15) is 0 Å². The van der Waals surface area contributed by atoms with Crippen molar-refractivity contribution in [1.29, 1.82) is 0 Å². The van der Waals surface area contributed by atoms with Gasteiger partial charge in [-0.25, -0.2) is 19.7 Å². The highest BCUT2D eigenvalue weighted by atomic mass is 16.2. The standard InChI is InChI=1S/C21H25N7O/c1-15-4-5-18(12-16(15)2)25-21(29)27-10-8-26(9-11-27)19-13-20(24-17(3)23-19)28-7-6-22-14-28/h4-7,12-14H,8-11H2,1-3H3,(H,25,29). The minimum absolute atomic E-state index is 0.0640. The number of nitrogens with zero attached hydrogens (tertiary/aromatic N) is 6. The first kappa shape index (κ1) is 18.9. The second-order valence-corrected chi connectivity index (χ2v) is 7.30. The zero-order valence-corrected chi connectivity index (χ0v) is 17.0. The molecule has 1 aliphatic rings. The molecule has 2 amide bonds. The first-order chi connectivity index (χ1) is 14.0. The second-order valence-electron chi connectivity index (χ2n) is 7.30. The quantitative estimate of drug-likeness (QED) is 0.743. The molecule has 0 spiro atoms. The van der Waals surface area contributed by atoms with E-state index in [-0.39, 0.29) is 6.03 Å². The number of urea groups is 1. The molecular formula is C21H25N7O. The number of nitrogens with one attached hydrogen (secondary N) is 1. The van der Waals surface area contributed by atoms with Crippen LogP contribution in [0.25, 0.3) is 5.82 Å². The van der Waals surface area contributed by atoms with Gasteiger partial charge in [0, 0.05) is 50.3 Å². The molecule has 0 atom stereocenters. The monoisotopic (exact) mass is 391 g/mol. The molecule has 0 radical (unpaired) electrons. The lowest BCUT2D eigenvalue weighted by Crippen LogP contribution is -2.50. The SMILES string of the molecule is Cc1nc(N2CCN(C(=O)Nc3ccc(C)c(C)c3)CC2)cc(-n2ccnc2)n1. The van der Waals surface area contributed by atoms with Crippen molar-refractivity contribution in [3.8, 4) is 5.82 Å². The van der Waals surface area contributed by atoms with Crippen LogP contribution in [0.15, 0.2) is 43.0 Å². The highest BCUT2D eigenvalue weighted by molar-refractivity contribution is 5.89. The summed E-state index contributed by atoms with van der Waals surface area (Å²) in [5.74, 6) is 2.37. The highest BCUT2D eigenvalue weighted by Gasteiger charge is 2.22. The van der Waals surface area contributed by atoms with Crippen molar-refractivity contribution in [2.75, 3.05) is 36.4 Å². The molecule has 29 heavy (non-hydrogen) atoms. The number of piperazine rings is 1. The van der Waals surface area contributed by atoms with E-state index in [4.69, 9.17) is 0 Å². The Balaban J connectivity index is 1.40. The van der Waals surface area contributed by atoms with Crippen molar-refractivity contribution in [2.45, 2.75) is 20.8 Å². The first-order valence-corrected chi connectivity index (χ1v) is 9.72. The van der Waals surface area contributed by atoms with Gasteiger partial charge in [-0.1, -0.05) is 6.07 Å². The third-order valence-electron chi connectivity index (χ3n) is 5.23. The van der Waals surface area contributed by atoms with Crippen molar-refractivity contribution in [3.05, 3.63) is 59.9 Å². The number of rotatable bonds is 3. The van der Waals surface area contributed by atoms with Crippen LogP contribution in [-0.4, -0.2) is 56.6 Å². The number of aromatic nitrogens is 4. The van der Waals surface area contributed by atoms with Crippen LogP contribution in [0, 0.1) is 20.8 Å². The third-order valence-corrected chi connectivity index (χ3v) is 5.23. The van der Waals surface area contributed by atoms with E-state index in [9.17, 15) is 4.79 Å². The number of hydrogen-bond donors (Lipinski definition) is 1. The summed E-state index contributed by atoms with van der Waals surface area (Å²) in [5, 5.41) is 3.00. The van der Waals surface area contributed by atoms with Crippen LogP contribution < -0.4 is 10.2 Å². The summed E-state index contributed by atoms with van der Waals surface area (Å²) >= 11 is 0. The van der Waals surface area contributed by atoms with Crippen LogP contribution in [0.2, 0.25) is 0 Å². The van der Waals surface area contributed by atoms with Crippen LogP contribution in [0.3, 0.4) is 0 Å². The van der Waals surface area contributed by atoms with Crippen molar-refractivity contribution in [1.82, 2.24) is 24.4 Å². The van der Waals surface area contributed by atoms with Gasteiger partial charge in [0.05, 0.1) is 0 Å². The van der Waals surface area contributed by atoms with Gasteiger partial charge in [0.25, 0.3) is 0 Å². The van der Waals surface area contributed by atoms with E-state index in [0.717, 1.165) is 30.4 Å². The van der Waals surface area contributed by atoms with Crippen LogP contribution in [0.4, 0.5) is 16.3 Å². The predicted octanol–water partition coefficient (Wildman–Crippen LogP) is 2.94. The summed E-state index contributed by atoms with van der Waals surface area (Å²) in [6.07, 6.45) is 5.31. The molecule has 1 fully saturated rings. The van der Waals surface area contributed by atoms with Crippen LogP contribution in [0.5, 0.6) is 0 Å². The Morgan fingerprint density at radius 2 is 1.72 bits per heavy atom. The number of anilines is 2. The van der Waals surface area contributed by atoms with Gasteiger partial charge in [-0.3, -0.25) is 4.57 Å². The Labute approximate surface area is 170 Å². The second kappa shape index (κ2) is 7.90. The van der Waals surface area contributed by atoms with E-state index in [1.54, 1.807) is 12.5 Å². The molecule has 0 bridgehead atoms. The number of aryl methyl sites for hydroxylation is 3. The first-order valence-electron chi connectivity index (χ1n) is 9.72. The van der Waals surface area contributed by atoms with Crippen LogP contribution in [-0.2, 0) is 0 Å². The van der Waals surface area contributed by atoms with E-state index in [0.29, 0.717) is 18.9 Å².